The van der Waals surface area contributed by atoms with Crippen molar-refractivity contribution in [2.45, 2.75) is 23.8 Å². The van der Waals surface area contributed by atoms with Crippen LogP contribution >= 0.6 is 0 Å². The maximum Gasteiger partial charge on any atom is 0.246 e. The fraction of sp³-hybridized carbons (Fsp3) is 0.273. The quantitative estimate of drug-likeness (QED) is 0.425. The topological polar surface area (TPSA) is 136 Å². The number of nitrogen functional groups attached to an aromatic ring is 1. The molecule has 11 heteroatoms. The number of amides is 1. The predicted octanol–water partition coefficient (Wildman–Crippen LogP) is 1.09. The first-order valence-corrected chi connectivity index (χ1v) is 11.8. The number of aromatic nitrogens is 4. The lowest BCUT2D eigenvalue weighted by Gasteiger charge is -2.32. The number of piperidine rings is 1. The molecule has 1 aliphatic heterocycles. The van der Waals surface area contributed by atoms with Gasteiger partial charge in [-0.3, -0.25) is 4.79 Å². The third kappa shape index (κ3) is 4.72. The molecule has 1 atom stereocenters. The van der Waals surface area contributed by atoms with E-state index in [4.69, 9.17) is 5.73 Å². The SMILES string of the molecule is C=CC(=O)N1CCCC(n2nc(C#CCNS(=O)(=O)c3ccccc3)c3c(N)ncnc32)C1. The number of benzene rings is 1. The van der Waals surface area contributed by atoms with E-state index in [9.17, 15) is 13.2 Å². The second kappa shape index (κ2) is 9.40. The highest BCUT2D eigenvalue weighted by Gasteiger charge is 2.27. The van der Waals surface area contributed by atoms with Crippen LogP contribution in [0.15, 0.2) is 54.2 Å². The molecular weight excluding hydrogens is 442 g/mol. The summed E-state index contributed by atoms with van der Waals surface area (Å²) in [6.07, 6.45) is 4.29. The first-order chi connectivity index (χ1) is 15.9. The van der Waals surface area contributed by atoms with Crippen LogP contribution in [0.2, 0.25) is 0 Å². The average molecular weight is 466 g/mol. The number of anilines is 1. The van der Waals surface area contributed by atoms with Crippen LogP contribution < -0.4 is 10.5 Å². The number of carbonyl (C=O) groups is 1. The molecule has 3 heterocycles. The lowest BCUT2D eigenvalue weighted by atomic mass is 10.1. The fourth-order valence-electron chi connectivity index (χ4n) is 3.76. The van der Waals surface area contributed by atoms with E-state index in [1.165, 1.54) is 24.5 Å². The Labute approximate surface area is 191 Å². The van der Waals surface area contributed by atoms with Gasteiger partial charge in [-0.15, -0.1) is 0 Å². The number of sulfonamides is 1. The number of nitrogens with one attached hydrogen (secondary N) is 1. The van der Waals surface area contributed by atoms with Gasteiger partial charge in [-0.1, -0.05) is 30.7 Å². The van der Waals surface area contributed by atoms with Gasteiger partial charge < -0.3 is 10.6 Å². The number of fused-ring (bicyclic) bond motifs is 1. The lowest BCUT2D eigenvalue weighted by Crippen LogP contribution is -2.40. The number of nitrogens with zero attached hydrogens (tertiary/aromatic N) is 5. The molecule has 0 bridgehead atoms. The average Bonchev–Trinajstić information content (AvgIpc) is 3.22. The molecule has 1 aliphatic rings. The lowest BCUT2D eigenvalue weighted by molar-refractivity contribution is -0.127. The largest absolute Gasteiger partial charge is 0.383 e. The van der Waals surface area contributed by atoms with E-state index in [2.05, 4.69) is 38.2 Å². The molecule has 4 rings (SSSR count). The molecule has 0 radical (unpaired) electrons. The van der Waals surface area contributed by atoms with Crippen LogP contribution in [-0.2, 0) is 14.8 Å². The molecule has 1 saturated heterocycles. The van der Waals surface area contributed by atoms with Crippen LogP contribution in [0.1, 0.15) is 24.6 Å². The van der Waals surface area contributed by atoms with Gasteiger partial charge in [-0.2, -0.15) is 9.82 Å². The highest BCUT2D eigenvalue weighted by atomic mass is 32.2. The molecule has 0 aliphatic carbocycles. The predicted molar refractivity (Wildman–Crippen MR) is 123 cm³/mol. The molecule has 0 saturated carbocycles. The zero-order valence-electron chi connectivity index (χ0n) is 17.8. The van der Waals surface area contributed by atoms with Crippen LogP contribution in [0.3, 0.4) is 0 Å². The van der Waals surface area contributed by atoms with Crippen LogP contribution in [0.5, 0.6) is 0 Å². The van der Waals surface area contributed by atoms with Gasteiger partial charge in [-0.25, -0.2) is 23.1 Å². The van der Waals surface area contributed by atoms with E-state index in [0.29, 0.717) is 29.8 Å². The Morgan fingerprint density at radius 2 is 2.09 bits per heavy atom. The number of nitrogens with two attached hydrogens (primary N) is 1. The molecule has 10 nitrogen and oxygen atoms in total. The van der Waals surface area contributed by atoms with E-state index in [1.54, 1.807) is 27.8 Å². The Hall–Kier alpha value is -3.75. The van der Waals surface area contributed by atoms with Crippen LogP contribution in [-0.4, -0.2) is 58.6 Å². The van der Waals surface area contributed by atoms with E-state index in [-0.39, 0.29) is 29.2 Å². The summed E-state index contributed by atoms with van der Waals surface area (Å²) in [6, 6.07) is 7.95. The normalized spacial score (nSPS) is 16.2. The molecule has 1 fully saturated rings. The number of hydrogen-bond donors (Lipinski definition) is 2. The molecule has 3 aromatic rings. The van der Waals surface area contributed by atoms with Crippen molar-refractivity contribution in [1.82, 2.24) is 29.4 Å². The minimum Gasteiger partial charge on any atom is -0.383 e. The van der Waals surface area contributed by atoms with Gasteiger partial charge in [0.1, 0.15) is 17.8 Å². The molecule has 33 heavy (non-hydrogen) atoms. The first kappa shape index (κ1) is 22.4. The maximum atomic E-state index is 12.4. The molecular formula is C22H23N7O3S. The third-order valence-corrected chi connectivity index (χ3v) is 6.77. The first-order valence-electron chi connectivity index (χ1n) is 10.3. The third-order valence-electron chi connectivity index (χ3n) is 5.36. The molecule has 3 N–H and O–H groups in total. The molecule has 170 valence electrons. The fourth-order valence-corrected chi connectivity index (χ4v) is 4.71. The van der Waals surface area contributed by atoms with Crippen molar-refractivity contribution in [1.29, 1.82) is 0 Å². The summed E-state index contributed by atoms with van der Waals surface area (Å²) in [5.74, 6) is 5.79. The second-order valence-corrected chi connectivity index (χ2v) is 9.24. The Balaban J connectivity index is 1.60. The van der Waals surface area contributed by atoms with Crippen molar-refractivity contribution in [3.63, 3.8) is 0 Å². The highest BCUT2D eigenvalue weighted by molar-refractivity contribution is 7.89. The van der Waals surface area contributed by atoms with Crippen molar-refractivity contribution < 1.29 is 13.2 Å². The Kier molecular flexibility index (Phi) is 6.39. The van der Waals surface area contributed by atoms with E-state index < -0.39 is 10.0 Å². The Bertz CT molecular complexity index is 1360. The minimum absolute atomic E-state index is 0.105. The molecule has 0 spiro atoms. The summed E-state index contributed by atoms with van der Waals surface area (Å²) in [5, 5.41) is 5.11. The summed E-state index contributed by atoms with van der Waals surface area (Å²) >= 11 is 0. The van der Waals surface area contributed by atoms with Crippen LogP contribution in [0.4, 0.5) is 5.82 Å². The molecule has 1 unspecified atom stereocenters. The van der Waals surface area contributed by atoms with Gasteiger partial charge in [0.2, 0.25) is 15.9 Å². The van der Waals surface area contributed by atoms with Gasteiger partial charge in [0, 0.05) is 13.1 Å². The summed E-state index contributed by atoms with van der Waals surface area (Å²) in [5.41, 5.74) is 6.96. The van der Waals surface area contributed by atoms with Crippen molar-refractivity contribution >= 4 is 32.8 Å². The van der Waals surface area contributed by atoms with Gasteiger partial charge in [0.25, 0.3) is 0 Å². The molecule has 1 amide bonds. The smallest absolute Gasteiger partial charge is 0.246 e. The number of carbonyl (C=O) groups excluding carboxylic acids is 1. The van der Waals surface area contributed by atoms with E-state index in [1.807, 2.05) is 0 Å². The second-order valence-electron chi connectivity index (χ2n) is 7.47. The van der Waals surface area contributed by atoms with Gasteiger partial charge in [0.05, 0.1) is 22.9 Å². The summed E-state index contributed by atoms with van der Waals surface area (Å²) in [4.78, 5) is 22.4. The van der Waals surface area contributed by atoms with E-state index >= 15 is 0 Å². The Morgan fingerprint density at radius 3 is 2.85 bits per heavy atom. The van der Waals surface area contributed by atoms with Crippen molar-refractivity contribution in [3.05, 3.63) is 55.0 Å². The summed E-state index contributed by atoms with van der Waals surface area (Å²) in [7, 11) is -3.67. The Morgan fingerprint density at radius 1 is 1.30 bits per heavy atom. The van der Waals surface area contributed by atoms with Gasteiger partial charge in [-0.05, 0) is 37.0 Å². The summed E-state index contributed by atoms with van der Waals surface area (Å²) < 4.78 is 28.9. The van der Waals surface area contributed by atoms with Crippen molar-refractivity contribution in [2.75, 3.05) is 25.4 Å². The van der Waals surface area contributed by atoms with Crippen LogP contribution in [0.25, 0.3) is 11.0 Å². The van der Waals surface area contributed by atoms with Crippen molar-refractivity contribution in [3.8, 4) is 11.8 Å². The molecule has 2 aromatic heterocycles. The monoisotopic (exact) mass is 465 g/mol. The van der Waals surface area contributed by atoms with Gasteiger partial charge >= 0.3 is 0 Å². The summed E-state index contributed by atoms with van der Waals surface area (Å²) in [6.45, 7) is 4.58. The highest BCUT2D eigenvalue weighted by Crippen LogP contribution is 2.28. The zero-order chi connectivity index (χ0) is 23.4. The van der Waals surface area contributed by atoms with Crippen molar-refractivity contribution in [2.24, 2.45) is 0 Å². The number of likely N-dealkylation sites (tertiary alicyclic amines) is 1. The molecule has 1 aromatic carbocycles. The van der Waals surface area contributed by atoms with E-state index in [0.717, 1.165) is 12.8 Å². The van der Waals surface area contributed by atoms with Crippen LogP contribution in [0, 0.1) is 11.8 Å². The van der Waals surface area contributed by atoms with Gasteiger partial charge in [0.15, 0.2) is 5.65 Å². The number of rotatable bonds is 5. The zero-order valence-corrected chi connectivity index (χ0v) is 18.6. The minimum atomic E-state index is -3.67. The number of hydrogen-bond acceptors (Lipinski definition) is 7. The standard InChI is InChI=1S/C22H23N7O3S/c1-2-19(30)28-13-7-8-16(14-28)29-22-20(21(23)24-15-25-22)18(27-29)11-6-12-26-33(31,32)17-9-4-3-5-10-17/h2-5,9-10,15-16,26H,1,7-8,12-14H2,(H2,23,24,25). The maximum absolute atomic E-state index is 12.4.